The van der Waals surface area contributed by atoms with E-state index in [-0.39, 0.29) is 5.82 Å². The molecule has 2 aromatic rings. The summed E-state index contributed by atoms with van der Waals surface area (Å²) in [5.41, 5.74) is 0.650. The van der Waals surface area contributed by atoms with E-state index in [0.717, 1.165) is 0 Å². The van der Waals surface area contributed by atoms with Crippen LogP contribution in [0.25, 0.3) is 0 Å². The first kappa shape index (κ1) is 13.8. The third-order valence-corrected chi connectivity index (χ3v) is 3.91. The molecule has 0 bridgehead atoms. The van der Waals surface area contributed by atoms with Crippen molar-refractivity contribution in [3.63, 3.8) is 0 Å². The fraction of sp³-hybridized carbons (Fsp3) is 0.0909. The Morgan fingerprint density at radius 1 is 1.39 bits per heavy atom. The van der Waals surface area contributed by atoms with Gasteiger partial charge in [-0.3, -0.25) is 0 Å². The average molecular weight is 396 g/mol. The Hall–Kier alpha value is -0.600. The SMILES string of the molecule is CSc1nc(Cl)cc(Nc2cccc(F)c2I)n1. The molecular weight excluding hydrogens is 388 g/mol. The minimum absolute atomic E-state index is 0.272. The van der Waals surface area contributed by atoms with Crippen LogP contribution in [0.5, 0.6) is 0 Å². The first-order chi connectivity index (χ1) is 8.60. The van der Waals surface area contributed by atoms with Crippen LogP contribution in [0.1, 0.15) is 0 Å². The third kappa shape index (κ3) is 3.24. The number of hydrogen-bond acceptors (Lipinski definition) is 4. The quantitative estimate of drug-likeness (QED) is 0.363. The molecule has 0 saturated heterocycles. The highest BCUT2D eigenvalue weighted by molar-refractivity contribution is 14.1. The molecule has 0 atom stereocenters. The number of aromatic nitrogens is 2. The zero-order chi connectivity index (χ0) is 13.1. The monoisotopic (exact) mass is 395 g/mol. The van der Waals surface area contributed by atoms with Gasteiger partial charge in [0, 0.05) is 6.07 Å². The molecule has 94 valence electrons. The molecule has 1 aromatic carbocycles. The molecule has 0 aliphatic carbocycles. The van der Waals surface area contributed by atoms with Gasteiger partial charge >= 0.3 is 0 Å². The van der Waals surface area contributed by atoms with Crippen LogP contribution in [0.15, 0.2) is 29.4 Å². The normalized spacial score (nSPS) is 10.4. The predicted octanol–water partition coefficient (Wildman–Crippen LogP) is 4.34. The van der Waals surface area contributed by atoms with Gasteiger partial charge in [-0.15, -0.1) is 0 Å². The summed E-state index contributed by atoms with van der Waals surface area (Å²) in [5.74, 6) is 0.272. The second-order valence-corrected chi connectivity index (χ2v) is 5.53. The van der Waals surface area contributed by atoms with E-state index in [4.69, 9.17) is 11.6 Å². The van der Waals surface area contributed by atoms with Crippen LogP contribution in [0, 0.1) is 9.39 Å². The van der Waals surface area contributed by atoms with Gasteiger partial charge in [0.25, 0.3) is 0 Å². The van der Waals surface area contributed by atoms with E-state index in [2.05, 4.69) is 15.3 Å². The fourth-order valence-electron chi connectivity index (χ4n) is 1.29. The van der Waals surface area contributed by atoms with E-state index in [1.54, 1.807) is 18.2 Å². The van der Waals surface area contributed by atoms with Crippen molar-refractivity contribution in [2.45, 2.75) is 5.16 Å². The zero-order valence-electron chi connectivity index (χ0n) is 9.25. The van der Waals surface area contributed by atoms with E-state index >= 15 is 0 Å². The maximum atomic E-state index is 13.4. The lowest BCUT2D eigenvalue weighted by Crippen LogP contribution is -1.99. The van der Waals surface area contributed by atoms with Crippen LogP contribution in [-0.4, -0.2) is 16.2 Å². The molecule has 0 amide bonds. The van der Waals surface area contributed by atoms with Gasteiger partial charge < -0.3 is 5.32 Å². The van der Waals surface area contributed by atoms with Gasteiger partial charge in [-0.2, -0.15) is 0 Å². The lowest BCUT2D eigenvalue weighted by Gasteiger charge is -2.09. The molecule has 0 aliphatic heterocycles. The summed E-state index contributed by atoms with van der Waals surface area (Å²) in [4.78, 5) is 8.28. The molecule has 0 unspecified atom stereocenters. The first-order valence-corrected chi connectivity index (χ1v) is 7.58. The van der Waals surface area contributed by atoms with Crippen molar-refractivity contribution in [1.29, 1.82) is 0 Å². The van der Waals surface area contributed by atoms with Crippen LogP contribution in [0.2, 0.25) is 5.15 Å². The molecule has 0 radical (unpaired) electrons. The van der Waals surface area contributed by atoms with Crippen molar-refractivity contribution >= 4 is 57.5 Å². The Labute approximate surface area is 127 Å². The summed E-state index contributed by atoms with van der Waals surface area (Å²) in [6, 6.07) is 6.42. The number of hydrogen-bond donors (Lipinski definition) is 1. The summed E-state index contributed by atoms with van der Waals surface area (Å²) in [7, 11) is 0. The van der Waals surface area contributed by atoms with Gasteiger partial charge in [-0.1, -0.05) is 29.4 Å². The maximum Gasteiger partial charge on any atom is 0.190 e. The van der Waals surface area contributed by atoms with Gasteiger partial charge in [0.05, 0.1) is 9.26 Å². The molecule has 1 heterocycles. The Kier molecular flexibility index (Phi) is 4.63. The highest BCUT2D eigenvalue weighted by Crippen LogP contribution is 2.25. The summed E-state index contributed by atoms with van der Waals surface area (Å²) in [5, 5.41) is 3.95. The molecule has 7 heteroatoms. The van der Waals surface area contributed by atoms with Crippen molar-refractivity contribution in [1.82, 2.24) is 9.97 Å². The predicted molar refractivity (Wildman–Crippen MR) is 81.2 cm³/mol. The van der Waals surface area contributed by atoms with Gasteiger partial charge in [0.2, 0.25) is 0 Å². The standard InChI is InChI=1S/C11H8ClFIN3S/c1-18-11-16-8(12)5-9(17-11)15-7-4-2-3-6(13)10(7)14/h2-5H,1H3,(H,15,16,17). The van der Waals surface area contributed by atoms with Gasteiger partial charge in [0.1, 0.15) is 16.8 Å². The summed E-state index contributed by atoms with van der Waals surface area (Å²) in [6.45, 7) is 0. The highest BCUT2D eigenvalue weighted by atomic mass is 127. The second-order valence-electron chi connectivity index (χ2n) is 3.29. The van der Waals surface area contributed by atoms with E-state index in [0.29, 0.717) is 25.4 Å². The lowest BCUT2D eigenvalue weighted by atomic mass is 10.3. The molecule has 0 fully saturated rings. The summed E-state index contributed by atoms with van der Waals surface area (Å²) in [6.07, 6.45) is 1.86. The van der Waals surface area contributed by atoms with Gasteiger partial charge in [-0.25, -0.2) is 14.4 Å². The fourth-order valence-corrected chi connectivity index (χ4v) is 2.40. The Morgan fingerprint density at radius 3 is 2.89 bits per heavy atom. The van der Waals surface area contributed by atoms with Gasteiger partial charge in [-0.05, 0) is 41.0 Å². The van der Waals surface area contributed by atoms with Crippen LogP contribution in [0.3, 0.4) is 0 Å². The number of halogens is 3. The van der Waals surface area contributed by atoms with E-state index in [1.165, 1.54) is 17.8 Å². The van der Waals surface area contributed by atoms with Crippen molar-refractivity contribution in [3.05, 3.63) is 38.8 Å². The molecule has 0 saturated carbocycles. The number of benzene rings is 1. The summed E-state index contributed by atoms with van der Waals surface area (Å²) < 4.78 is 13.9. The molecule has 0 aliphatic rings. The van der Waals surface area contributed by atoms with Crippen LogP contribution >= 0.6 is 46.0 Å². The minimum atomic E-state index is -0.272. The van der Waals surface area contributed by atoms with Crippen LogP contribution in [0.4, 0.5) is 15.9 Å². The Morgan fingerprint density at radius 2 is 2.17 bits per heavy atom. The molecule has 1 N–H and O–H groups in total. The lowest BCUT2D eigenvalue weighted by molar-refractivity contribution is 0.621. The Bertz CT molecular complexity index is 582. The average Bonchev–Trinajstić information content (AvgIpc) is 2.34. The number of thioether (sulfide) groups is 1. The van der Waals surface area contributed by atoms with Gasteiger partial charge in [0.15, 0.2) is 5.16 Å². The number of rotatable bonds is 3. The Balaban J connectivity index is 2.34. The van der Waals surface area contributed by atoms with Crippen molar-refractivity contribution in [2.24, 2.45) is 0 Å². The molecule has 1 aromatic heterocycles. The van der Waals surface area contributed by atoms with Crippen molar-refractivity contribution in [2.75, 3.05) is 11.6 Å². The smallest absolute Gasteiger partial charge is 0.190 e. The number of anilines is 2. The summed E-state index contributed by atoms with van der Waals surface area (Å²) >= 11 is 9.22. The second kappa shape index (κ2) is 6.03. The van der Waals surface area contributed by atoms with E-state index < -0.39 is 0 Å². The molecular formula is C11H8ClFIN3S. The molecule has 18 heavy (non-hydrogen) atoms. The molecule has 3 nitrogen and oxygen atoms in total. The van der Waals surface area contributed by atoms with E-state index in [1.807, 2.05) is 28.8 Å². The topological polar surface area (TPSA) is 37.8 Å². The van der Waals surface area contributed by atoms with Crippen molar-refractivity contribution in [3.8, 4) is 0 Å². The molecule has 0 spiro atoms. The van der Waals surface area contributed by atoms with Crippen LogP contribution < -0.4 is 5.32 Å². The largest absolute Gasteiger partial charge is 0.339 e. The van der Waals surface area contributed by atoms with Crippen LogP contribution in [-0.2, 0) is 0 Å². The maximum absolute atomic E-state index is 13.4. The zero-order valence-corrected chi connectivity index (χ0v) is 13.0. The third-order valence-electron chi connectivity index (χ3n) is 2.07. The first-order valence-electron chi connectivity index (χ1n) is 4.90. The number of nitrogens with zero attached hydrogens (tertiary/aromatic N) is 2. The highest BCUT2D eigenvalue weighted by Gasteiger charge is 2.07. The van der Waals surface area contributed by atoms with Crippen molar-refractivity contribution < 1.29 is 4.39 Å². The minimum Gasteiger partial charge on any atom is -0.339 e. The number of nitrogens with one attached hydrogen (secondary N) is 1. The molecule has 2 rings (SSSR count). The van der Waals surface area contributed by atoms with E-state index in [9.17, 15) is 4.39 Å².